The van der Waals surface area contributed by atoms with Gasteiger partial charge in [0.2, 0.25) is 5.91 Å². The number of carboxylic acids is 1. The second kappa shape index (κ2) is 9.20. The van der Waals surface area contributed by atoms with Gasteiger partial charge in [-0.15, -0.1) is 0 Å². The van der Waals surface area contributed by atoms with Gasteiger partial charge in [0.05, 0.1) is 18.1 Å². The molecule has 0 spiro atoms. The molecule has 0 aliphatic carbocycles. The lowest BCUT2D eigenvalue weighted by molar-refractivity contribution is -0.171. The van der Waals surface area contributed by atoms with Crippen molar-refractivity contribution in [1.82, 2.24) is 4.90 Å². The zero-order valence-corrected chi connectivity index (χ0v) is 24.4. The van der Waals surface area contributed by atoms with Gasteiger partial charge < -0.3 is 18.9 Å². The molecule has 1 N–H and O–H groups in total. The lowest BCUT2D eigenvalue weighted by Crippen LogP contribution is -2.67. The van der Waals surface area contributed by atoms with Crippen LogP contribution in [-0.4, -0.2) is 69.1 Å². The van der Waals surface area contributed by atoms with Gasteiger partial charge >= 0.3 is 5.97 Å². The zero-order chi connectivity index (χ0) is 25.7. The van der Waals surface area contributed by atoms with Gasteiger partial charge in [-0.2, -0.15) is 0 Å². The Bertz CT molecular complexity index is 783. The second-order valence-electron chi connectivity index (χ2n) is 12.8. The molecule has 0 aromatic heterocycles. The predicted molar refractivity (Wildman–Crippen MR) is 134 cm³/mol. The van der Waals surface area contributed by atoms with Gasteiger partial charge in [0.15, 0.2) is 28.5 Å². The molecular formula is C24H45NO6Si2. The van der Waals surface area contributed by atoms with E-state index < -0.39 is 46.5 Å². The van der Waals surface area contributed by atoms with Gasteiger partial charge in [0.1, 0.15) is 0 Å². The topological polar surface area (TPSA) is 93.1 Å². The number of aliphatic carboxylic acids is 1. The molecular weight excluding hydrogens is 454 g/mol. The van der Waals surface area contributed by atoms with Crippen molar-refractivity contribution in [1.29, 1.82) is 0 Å². The first-order valence-electron chi connectivity index (χ1n) is 12.1. The molecule has 1 unspecified atom stereocenters. The Balaban J connectivity index is 2.15. The molecule has 2 aliphatic rings. The van der Waals surface area contributed by atoms with E-state index in [0.29, 0.717) is 19.4 Å². The Morgan fingerprint density at radius 3 is 2.00 bits per heavy atom. The van der Waals surface area contributed by atoms with Gasteiger partial charge in [-0.25, -0.2) is 4.79 Å². The lowest BCUT2D eigenvalue weighted by atomic mass is 9.77. The first-order chi connectivity index (χ1) is 14.7. The van der Waals surface area contributed by atoms with Crippen LogP contribution in [0.4, 0.5) is 0 Å². The Morgan fingerprint density at radius 2 is 1.55 bits per heavy atom. The fourth-order valence-corrected chi connectivity index (χ4v) is 6.92. The summed E-state index contributed by atoms with van der Waals surface area (Å²) in [7, 11) is -4.01. The Morgan fingerprint density at radius 1 is 1.03 bits per heavy atom. The van der Waals surface area contributed by atoms with E-state index in [1.807, 2.05) is 6.92 Å². The minimum absolute atomic E-state index is 0.0106. The molecule has 0 bridgehead atoms. The molecule has 0 aromatic rings. The van der Waals surface area contributed by atoms with Crippen LogP contribution in [0, 0.1) is 11.8 Å². The molecule has 190 valence electrons. The molecule has 2 fully saturated rings. The highest BCUT2D eigenvalue weighted by atomic mass is 28.4. The van der Waals surface area contributed by atoms with Crippen molar-refractivity contribution < 1.29 is 28.3 Å². The molecule has 0 saturated carbocycles. The van der Waals surface area contributed by atoms with E-state index in [0.717, 1.165) is 0 Å². The summed E-state index contributed by atoms with van der Waals surface area (Å²) in [6.45, 7) is 24.1. The number of carbonyl (C=O) groups excluding carboxylic acids is 2. The predicted octanol–water partition coefficient (Wildman–Crippen LogP) is 4.68. The third-order valence-corrected chi connectivity index (χ3v) is 17.6. The van der Waals surface area contributed by atoms with Crippen LogP contribution in [0.1, 0.15) is 61.3 Å². The van der Waals surface area contributed by atoms with Crippen molar-refractivity contribution in [3.05, 3.63) is 0 Å². The molecule has 2 aliphatic heterocycles. The highest BCUT2D eigenvalue weighted by molar-refractivity contribution is 6.74. The van der Waals surface area contributed by atoms with Gasteiger partial charge in [-0.05, 0) is 56.0 Å². The molecule has 1 amide bonds. The summed E-state index contributed by atoms with van der Waals surface area (Å²) >= 11 is 0. The van der Waals surface area contributed by atoms with E-state index in [2.05, 4.69) is 67.7 Å². The molecule has 7 nitrogen and oxygen atoms in total. The summed E-state index contributed by atoms with van der Waals surface area (Å²) in [5.41, 5.74) is 0. The molecule has 2 rings (SSSR count). The Labute approximate surface area is 201 Å². The number of fused-ring (bicyclic) bond motifs is 1. The maximum atomic E-state index is 13.1. The first-order valence-corrected chi connectivity index (χ1v) is 18.0. The fraction of sp³-hybridized carbons (Fsp3) is 0.875. The van der Waals surface area contributed by atoms with Crippen molar-refractivity contribution in [3.8, 4) is 0 Å². The highest BCUT2D eigenvalue weighted by Gasteiger charge is 2.66. The molecule has 5 atom stereocenters. The Hall–Kier alpha value is -1.04. The van der Waals surface area contributed by atoms with Gasteiger partial charge in [-0.3, -0.25) is 9.59 Å². The van der Waals surface area contributed by atoms with Gasteiger partial charge in [0, 0.05) is 12.5 Å². The summed E-state index contributed by atoms with van der Waals surface area (Å²) in [5, 5.41) is 9.76. The van der Waals surface area contributed by atoms with Crippen LogP contribution in [0.2, 0.25) is 36.3 Å². The average molecular weight is 500 g/mol. The third kappa shape index (κ3) is 5.31. The van der Waals surface area contributed by atoms with E-state index in [4.69, 9.17) is 8.85 Å². The number of hydrogen-bond donors (Lipinski definition) is 1. The molecule has 0 aromatic carbocycles. The quantitative estimate of drug-likeness (QED) is 0.214. The number of nitrogens with zero attached hydrogens (tertiary/aromatic N) is 1. The fourth-order valence-electron chi connectivity index (χ4n) is 4.40. The van der Waals surface area contributed by atoms with Crippen molar-refractivity contribution in [2.45, 2.75) is 116 Å². The van der Waals surface area contributed by atoms with E-state index in [9.17, 15) is 19.5 Å². The monoisotopic (exact) mass is 499 g/mol. The van der Waals surface area contributed by atoms with Crippen molar-refractivity contribution in [2.24, 2.45) is 11.8 Å². The summed E-state index contributed by atoms with van der Waals surface area (Å²) in [5.74, 6) is -2.82. The van der Waals surface area contributed by atoms with Gasteiger partial charge in [0.25, 0.3) is 0 Å². The van der Waals surface area contributed by atoms with Crippen LogP contribution in [0.25, 0.3) is 0 Å². The molecule has 2 heterocycles. The SMILES string of the molecule is C[C@@H](O[Si](C)(C)C(C)(C)C)[C@H]1C(=O)N2C(C(=O)O)C(=O)[C@H](CCCO[Si](C)(C)C(C)(C)C)[C@H]12. The van der Waals surface area contributed by atoms with E-state index >= 15 is 0 Å². The van der Waals surface area contributed by atoms with E-state index in [1.54, 1.807) is 0 Å². The second-order valence-corrected chi connectivity index (χ2v) is 22.4. The van der Waals surface area contributed by atoms with Crippen LogP contribution in [0.5, 0.6) is 0 Å². The normalized spacial score (nSPS) is 27.4. The third-order valence-electron chi connectivity index (χ3n) is 8.51. The van der Waals surface area contributed by atoms with Crippen LogP contribution < -0.4 is 0 Å². The van der Waals surface area contributed by atoms with Crippen LogP contribution in [0.3, 0.4) is 0 Å². The van der Waals surface area contributed by atoms with Crippen molar-refractivity contribution >= 4 is 34.3 Å². The number of carbonyl (C=O) groups is 3. The zero-order valence-electron chi connectivity index (χ0n) is 22.4. The molecule has 0 radical (unpaired) electrons. The number of hydrogen-bond acceptors (Lipinski definition) is 5. The maximum absolute atomic E-state index is 13.1. The molecule has 33 heavy (non-hydrogen) atoms. The smallest absolute Gasteiger partial charge is 0.334 e. The number of rotatable bonds is 9. The van der Waals surface area contributed by atoms with Crippen LogP contribution >= 0.6 is 0 Å². The van der Waals surface area contributed by atoms with Crippen molar-refractivity contribution in [2.75, 3.05) is 6.61 Å². The summed E-state index contributed by atoms with van der Waals surface area (Å²) in [6.07, 6.45) is 0.832. The molecule has 9 heteroatoms. The Kier molecular flexibility index (Phi) is 7.86. The summed E-state index contributed by atoms with van der Waals surface area (Å²) in [6, 6.07) is -1.77. The standard InChI is InChI=1S/C24H45NO6Si2/c1-15(31-33(10,11)24(5,6)7)17-18-16(13-12-14-30-32(8,9)23(2,3)4)20(26)19(22(28)29)25(18)21(17)27/h15-19H,12-14H2,1-11H3,(H,28,29)/t15-,16-,17-,18-,19?/m1/s1. The maximum Gasteiger partial charge on any atom is 0.334 e. The minimum atomic E-state index is -2.12. The average Bonchev–Trinajstić information content (AvgIpc) is 2.85. The molecule has 2 saturated heterocycles. The van der Waals surface area contributed by atoms with Crippen LogP contribution in [0.15, 0.2) is 0 Å². The lowest BCUT2D eigenvalue weighted by Gasteiger charge is -2.50. The van der Waals surface area contributed by atoms with E-state index in [-0.39, 0.29) is 27.9 Å². The van der Waals surface area contributed by atoms with Crippen molar-refractivity contribution in [3.63, 3.8) is 0 Å². The number of β-lactam (4-membered cyclic amide) rings is 1. The number of amides is 1. The number of ketones is 1. The minimum Gasteiger partial charge on any atom is -0.479 e. The number of Topliss-reactive ketones (excluding diaryl/α,β-unsaturated/α-hetero) is 1. The number of carboxylic acid groups (broad SMARTS) is 1. The van der Waals surface area contributed by atoms with E-state index in [1.165, 1.54) is 4.90 Å². The summed E-state index contributed by atoms with van der Waals surface area (Å²) < 4.78 is 12.7. The van der Waals surface area contributed by atoms with Crippen LogP contribution in [-0.2, 0) is 23.2 Å². The first kappa shape index (κ1) is 28.2. The largest absolute Gasteiger partial charge is 0.479 e. The highest BCUT2D eigenvalue weighted by Crippen LogP contribution is 2.47. The summed E-state index contributed by atoms with van der Waals surface area (Å²) in [4.78, 5) is 39.3. The van der Waals surface area contributed by atoms with Gasteiger partial charge in [-0.1, -0.05) is 41.5 Å².